The van der Waals surface area contributed by atoms with Crippen molar-refractivity contribution in [3.63, 3.8) is 0 Å². The number of fused-ring (bicyclic) bond motifs is 2. The van der Waals surface area contributed by atoms with E-state index >= 15 is 0 Å². The first-order valence-electron chi connectivity index (χ1n) is 9.55. The summed E-state index contributed by atoms with van der Waals surface area (Å²) in [5, 5.41) is 0. The number of carbonyl (C=O) groups excluding carboxylic acids is 2. The number of hydrogen-bond donors (Lipinski definition) is 0. The van der Waals surface area contributed by atoms with Crippen LogP contribution in [0.4, 0.5) is 5.69 Å². The number of aromatic nitrogens is 1. The second kappa shape index (κ2) is 8.16. The number of benzene rings is 2. The van der Waals surface area contributed by atoms with Gasteiger partial charge in [0.05, 0.1) is 10.2 Å². The molecule has 0 fully saturated rings. The lowest BCUT2D eigenvalue weighted by atomic mass is 10.0. The summed E-state index contributed by atoms with van der Waals surface area (Å²) in [6.45, 7) is 0.474. The maximum atomic E-state index is 12.7. The third-order valence-electron chi connectivity index (χ3n) is 5.03. The van der Waals surface area contributed by atoms with Crippen molar-refractivity contribution in [3.8, 4) is 0 Å². The highest BCUT2D eigenvalue weighted by Gasteiger charge is 2.27. The maximum absolute atomic E-state index is 12.7. The average Bonchev–Trinajstić information content (AvgIpc) is 3.02. The Kier molecular flexibility index (Phi) is 5.57. The predicted molar refractivity (Wildman–Crippen MR) is 117 cm³/mol. The minimum absolute atomic E-state index is 0.424. The van der Waals surface area contributed by atoms with Crippen molar-refractivity contribution in [2.45, 2.75) is 12.8 Å². The summed E-state index contributed by atoms with van der Waals surface area (Å²) in [5.74, 6) is -2.78. The molecule has 1 aliphatic rings. The van der Waals surface area contributed by atoms with Crippen molar-refractivity contribution in [1.29, 1.82) is 0 Å². The summed E-state index contributed by atoms with van der Waals surface area (Å²) in [6, 6.07) is 15.1. The third kappa shape index (κ3) is 4.22. The fraction of sp³-hybridized carbons (Fsp3) is 0.286. The molecule has 0 radical (unpaired) electrons. The molecule has 3 aromatic rings. The zero-order valence-corrected chi connectivity index (χ0v) is 18.1. The highest BCUT2D eigenvalue weighted by molar-refractivity contribution is 7.92. The van der Waals surface area contributed by atoms with Gasteiger partial charge in [-0.3, -0.25) is 9.59 Å². The molecule has 0 aliphatic carbocycles. The predicted octanol–water partition coefficient (Wildman–Crippen LogP) is 2.06. The van der Waals surface area contributed by atoms with Crippen molar-refractivity contribution in [2.24, 2.45) is 12.0 Å². The Bertz CT molecular complexity index is 1310. The van der Waals surface area contributed by atoms with Crippen molar-refractivity contribution in [1.82, 2.24) is 4.57 Å². The molecule has 2 aromatic carbocycles. The van der Waals surface area contributed by atoms with Crippen LogP contribution in [-0.4, -0.2) is 42.8 Å². The zero-order valence-electron chi connectivity index (χ0n) is 16.4. The van der Waals surface area contributed by atoms with E-state index in [1.54, 1.807) is 11.6 Å². The number of rotatable bonds is 4. The van der Waals surface area contributed by atoms with Gasteiger partial charge in [0, 0.05) is 19.3 Å². The molecular weight excluding hydrogens is 422 g/mol. The molecular formula is C21H21N3O4S2. The summed E-state index contributed by atoms with van der Waals surface area (Å²) >= 11 is 1.31. The summed E-state index contributed by atoms with van der Waals surface area (Å²) in [4.78, 5) is 30.9. The van der Waals surface area contributed by atoms with Crippen LogP contribution < -0.4 is 9.70 Å². The van der Waals surface area contributed by atoms with Crippen LogP contribution in [0.3, 0.4) is 0 Å². The van der Waals surface area contributed by atoms with E-state index in [-0.39, 0.29) is 0 Å². The van der Waals surface area contributed by atoms with E-state index in [1.807, 2.05) is 48.5 Å². The van der Waals surface area contributed by atoms with Crippen molar-refractivity contribution in [3.05, 3.63) is 58.9 Å². The van der Waals surface area contributed by atoms with Crippen molar-refractivity contribution >= 4 is 48.9 Å². The van der Waals surface area contributed by atoms with Crippen molar-refractivity contribution in [2.75, 3.05) is 23.0 Å². The summed E-state index contributed by atoms with van der Waals surface area (Å²) in [6.07, 6.45) is 1.63. The molecule has 0 spiro atoms. The van der Waals surface area contributed by atoms with E-state index in [1.165, 1.54) is 16.2 Å². The molecule has 30 heavy (non-hydrogen) atoms. The molecule has 0 saturated carbocycles. The molecule has 0 unspecified atom stereocenters. The number of aryl methyl sites for hydroxylation is 2. The normalized spacial score (nSPS) is 14.7. The zero-order chi connectivity index (χ0) is 21.3. The first-order valence-corrected chi connectivity index (χ1v) is 12.2. The lowest BCUT2D eigenvalue weighted by Crippen LogP contribution is -2.40. The van der Waals surface area contributed by atoms with Crippen LogP contribution in [-0.2, 0) is 32.9 Å². The Balaban J connectivity index is 1.50. The Morgan fingerprint density at radius 2 is 1.80 bits per heavy atom. The molecule has 2 heterocycles. The Hall–Kier alpha value is -2.78. The van der Waals surface area contributed by atoms with Gasteiger partial charge in [0.2, 0.25) is 5.91 Å². The van der Waals surface area contributed by atoms with E-state index in [0.717, 1.165) is 34.3 Å². The number of anilines is 1. The van der Waals surface area contributed by atoms with Gasteiger partial charge in [-0.15, -0.1) is 0 Å². The first kappa shape index (κ1) is 20.5. The second-order valence-corrected chi connectivity index (χ2v) is 10.3. The topological polar surface area (TPSA) is 88.8 Å². The largest absolute Gasteiger partial charge is 0.319 e. The van der Waals surface area contributed by atoms with E-state index in [4.69, 9.17) is 0 Å². The van der Waals surface area contributed by atoms with E-state index in [2.05, 4.69) is 4.99 Å². The number of para-hydroxylation sites is 2. The number of sulfone groups is 1. The number of amides is 2. The van der Waals surface area contributed by atoms with Crippen molar-refractivity contribution < 1.29 is 18.0 Å². The van der Waals surface area contributed by atoms with Crippen LogP contribution in [0.1, 0.15) is 12.0 Å². The molecule has 1 aromatic heterocycles. The van der Waals surface area contributed by atoms with Gasteiger partial charge in [-0.1, -0.05) is 41.7 Å². The van der Waals surface area contributed by atoms with E-state index in [0.29, 0.717) is 11.3 Å². The summed E-state index contributed by atoms with van der Waals surface area (Å²) in [7, 11) is -2.16. The lowest BCUT2D eigenvalue weighted by Gasteiger charge is -2.29. The maximum Gasteiger partial charge on any atom is 0.263 e. The van der Waals surface area contributed by atoms with E-state index in [9.17, 15) is 18.0 Å². The standard InChI is InChI=1S/C21H21N3O4S2/c1-23-17-10-4-5-11-18(17)29-21(23)22-19(25)13-30(27,28)14-20(26)24-12-6-8-15-7-2-3-9-16(15)24/h2-5,7,9-11H,6,8,12-14H2,1H3. The van der Waals surface area contributed by atoms with Gasteiger partial charge in [-0.2, -0.15) is 4.99 Å². The van der Waals surface area contributed by atoms with Gasteiger partial charge in [0.1, 0.15) is 11.5 Å². The molecule has 7 nitrogen and oxygen atoms in total. The lowest BCUT2D eigenvalue weighted by molar-refractivity contribution is -0.116. The number of thiazole rings is 1. The number of carbonyl (C=O) groups is 2. The minimum Gasteiger partial charge on any atom is -0.319 e. The molecule has 1 aliphatic heterocycles. The first-order chi connectivity index (χ1) is 14.3. The summed E-state index contributed by atoms with van der Waals surface area (Å²) in [5.41, 5.74) is 2.69. The average molecular weight is 444 g/mol. The Labute approximate surface area is 178 Å². The van der Waals surface area contributed by atoms with E-state index < -0.39 is 33.2 Å². The molecule has 0 N–H and O–H groups in total. The van der Waals surface area contributed by atoms with Crippen LogP contribution in [0.25, 0.3) is 10.2 Å². The molecule has 156 valence electrons. The van der Waals surface area contributed by atoms with Crippen LogP contribution in [0.15, 0.2) is 53.5 Å². The second-order valence-electron chi connectivity index (χ2n) is 7.23. The quantitative estimate of drug-likeness (QED) is 0.617. The molecule has 0 bridgehead atoms. The highest BCUT2D eigenvalue weighted by Crippen LogP contribution is 2.26. The monoisotopic (exact) mass is 443 g/mol. The van der Waals surface area contributed by atoms with Gasteiger partial charge < -0.3 is 9.47 Å². The fourth-order valence-corrected chi connectivity index (χ4v) is 5.74. The smallest absolute Gasteiger partial charge is 0.263 e. The third-order valence-corrected chi connectivity index (χ3v) is 7.52. The molecule has 0 saturated heterocycles. The molecule has 0 atom stereocenters. The Morgan fingerprint density at radius 3 is 2.60 bits per heavy atom. The Morgan fingerprint density at radius 1 is 1.07 bits per heavy atom. The molecule has 9 heteroatoms. The van der Waals surface area contributed by atoms with Gasteiger partial charge in [-0.05, 0) is 36.6 Å². The molecule has 2 amide bonds. The highest BCUT2D eigenvalue weighted by atomic mass is 32.2. The fourth-order valence-electron chi connectivity index (χ4n) is 3.63. The minimum atomic E-state index is -3.93. The SMILES string of the molecule is Cn1c(=NC(=O)CS(=O)(=O)CC(=O)N2CCCc3ccccc32)sc2ccccc21. The van der Waals surface area contributed by atoms with Crippen LogP contribution >= 0.6 is 11.3 Å². The van der Waals surface area contributed by atoms with Gasteiger partial charge in [0.25, 0.3) is 5.91 Å². The van der Waals surface area contributed by atoms with Crippen LogP contribution in [0.5, 0.6) is 0 Å². The molecule has 4 rings (SSSR count). The van der Waals surface area contributed by atoms with Crippen LogP contribution in [0.2, 0.25) is 0 Å². The van der Waals surface area contributed by atoms with Gasteiger partial charge in [0.15, 0.2) is 14.6 Å². The van der Waals surface area contributed by atoms with Gasteiger partial charge >= 0.3 is 0 Å². The number of hydrogen-bond acceptors (Lipinski definition) is 5. The summed E-state index contributed by atoms with van der Waals surface area (Å²) < 4.78 is 27.7. The number of nitrogens with zero attached hydrogens (tertiary/aromatic N) is 3. The van der Waals surface area contributed by atoms with Crippen LogP contribution in [0, 0.1) is 0 Å². The van der Waals surface area contributed by atoms with Gasteiger partial charge in [-0.25, -0.2) is 8.42 Å².